The van der Waals surface area contributed by atoms with Crippen LogP contribution in [0.5, 0.6) is 23.0 Å². The molecule has 0 radical (unpaired) electrons. The molecule has 17 rings (SSSR count). The van der Waals surface area contributed by atoms with Gasteiger partial charge in [0.15, 0.2) is 0 Å². The summed E-state index contributed by atoms with van der Waals surface area (Å²) in [6.45, 7) is 0. The highest BCUT2D eigenvalue weighted by atomic mass is 16.5. The fourth-order valence-electron chi connectivity index (χ4n) is 14.6. The minimum atomic E-state index is -0.613. The number of rotatable bonds is 7. The number of para-hydroxylation sites is 6. The Labute approximate surface area is 483 Å². The van der Waals surface area contributed by atoms with Gasteiger partial charge in [0.1, 0.15) is 23.0 Å². The molecular formula is C80H51NO2. The molecule has 2 aliphatic heterocycles. The average Bonchev–Trinajstić information content (AvgIpc) is 1.72. The summed E-state index contributed by atoms with van der Waals surface area (Å²) in [5.74, 6) is 3.52. The van der Waals surface area contributed by atoms with E-state index in [-0.39, 0.29) is 0 Å². The van der Waals surface area contributed by atoms with Gasteiger partial charge in [0.25, 0.3) is 0 Å². The van der Waals surface area contributed by atoms with Gasteiger partial charge >= 0.3 is 0 Å². The third kappa shape index (κ3) is 6.86. The molecule has 3 nitrogen and oxygen atoms in total. The van der Waals surface area contributed by atoms with Crippen LogP contribution >= 0.6 is 0 Å². The number of ether oxygens (including phenoxy) is 2. The number of fused-ring (bicyclic) bond motifs is 18. The summed E-state index contributed by atoms with van der Waals surface area (Å²) in [5.41, 5.74) is 25.7. The molecule has 13 aromatic rings. The largest absolute Gasteiger partial charge is 0.457 e. The van der Waals surface area contributed by atoms with Crippen LogP contribution in [-0.2, 0) is 10.8 Å². The lowest BCUT2D eigenvalue weighted by Crippen LogP contribution is -2.32. The molecule has 2 heterocycles. The number of hydrogen-bond donors (Lipinski definition) is 0. The molecule has 0 aromatic heterocycles. The van der Waals surface area contributed by atoms with Crippen LogP contribution < -0.4 is 14.4 Å². The fourth-order valence-corrected chi connectivity index (χ4v) is 14.6. The number of benzene rings is 13. The van der Waals surface area contributed by atoms with E-state index in [1.165, 1.54) is 61.2 Å². The first-order valence-electron chi connectivity index (χ1n) is 28.6. The van der Waals surface area contributed by atoms with Crippen molar-refractivity contribution in [3.8, 4) is 89.8 Å². The van der Waals surface area contributed by atoms with E-state index in [1.54, 1.807) is 0 Å². The standard InChI is InChI=1S/C80H51NO2/c1-2-21-52(22-3-1)54-23-20-24-55(49-54)53-41-45-58(46-42-53)81(73-35-14-6-25-59(73)56-43-47-63-61-27-4-8-29-65(61)79(71(63)50-56)67-31-10-16-37-75(67)82-76-38-17-11-32-68(76)79)74-36-15-7-26-60(74)57-44-48-64-62-28-5-9-30-66(62)80(72(64)51-57)69-33-12-18-39-77(69)83-78-40-19-13-34-70(78)80/h1-51H. The van der Waals surface area contributed by atoms with Crippen molar-refractivity contribution in [2.24, 2.45) is 0 Å². The van der Waals surface area contributed by atoms with E-state index in [9.17, 15) is 0 Å². The van der Waals surface area contributed by atoms with Crippen LogP contribution in [0.15, 0.2) is 309 Å². The zero-order chi connectivity index (χ0) is 54.6. The zero-order valence-electron chi connectivity index (χ0n) is 45.2. The summed E-state index contributed by atoms with van der Waals surface area (Å²) >= 11 is 0. The second-order valence-corrected chi connectivity index (χ2v) is 22.2. The Bertz CT molecular complexity index is 4430. The quantitative estimate of drug-likeness (QED) is 0.159. The maximum Gasteiger partial charge on any atom is 0.132 e. The minimum absolute atomic E-state index is 0.613. The van der Waals surface area contributed by atoms with Crippen molar-refractivity contribution in [3.63, 3.8) is 0 Å². The van der Waals surface area contributed by atoms with Crippen LogP contribution in [-0.4, -0.2) is 0 Å². The molecular weight excluding hydrogens is 1010 g/mol. The van der Waals surface area contributed by atoms with Crippen molar-refractivity contribution in [2.75, 3.05) is 4.90 Å². The summed E-state index contributed by atoms with van der Waals surface area (Å²) in [4.78, 5) is 2.49. The number of nitrogens with zero attached hydrogens (tertiary/aromatic N) is 1. The fraction of sp³-hybridized carbons (Fsp3) is 0.0250. The van der Waals surface area contributed by atoms with E-state index < -0.39 is 10.8 Å². The SMILES string of the molecule is c1ccc(-c2cccc(-c3ccc(N(c4ccccc4-c4ccc5c(c4)C4(c6ccccc6Oc6ccccc64)c4ccccc4-5)c4ccccc4-c4ccc5c(c4)C4(c6ccccc6Oc6ccccc64)c4ccccc4-5)cc3)c2)cc1. The zero-order valence-corrected chi connectivity index (χ0v) is 45.2. The first kappa shape index (κ1) is 47.1. The monoisotopic (exact) mass is 1060 g/mol. The predicted molar refractivity (Wildman–Crippen MR) is 338 cm³/mol. The van der Waals surface area contributed by atoms with Gasteiger partial charge in [0.2, 0.25) is 0 Å². The summed E-state index contributed by atoms with van der Waals surface area (Å²) in [5, 5.41) is 0. The van der Waals surface area contributed by atoms with Gasteiger partial charge in [-0.3, -0.25) is 0 Å². The lowest BCUT2D eigenvalue weighted by Gasteiger charge is -2.39. The van der Waals surface area contributed by atoms with Gasteiger partial charge in [-0.2, -0.15) is 0 Å². The van der Waals surface area contributed by atoms with Gasteiger partial charge in [0.05, 0.1) is 22.2 Å². The van der Waals surface area contributed by atoms with E-state index in [0.717, 1.165) is 90.1 Å². The number of anilines is 3. The Hall–Kier alpha value is -10.7. The van der Waals surface area contributed by atoms with Crippen LogP contribution in [0.4, 0.5) is 17.1 Å². The second-order valence-electron chi connectivity index (χ2n) is 22.2. The van der Waals surface area contributed by atoms with Crippen molar-refractivity contribution < 1.29 is 9.47 Å². The van der Waals surface area contributed by atoms with E-state index >= 15 is 0 Å². The molecule has 2 aliphatic carbocycles. The smallest absolute Gasteiger partial charge is 0.132 e. The molecule has 0 atom stereocenters. The molecule has 0 amide bonds. The van der Waals surface area contributed by atoms with Crippen molar-refractivity contribution >= 4 is 17.1 Å². The molecule has 13 aromatic carbocycles. The first-order chi connectivity index (χ1) is 41.2. The molecule has 0 bridgehead atoms. The Morgan fingerprint density at radius 2 is 0.530 bits per heavy atom. The van der Waals surface area contributed by atoms with Gasteiger partial charge in [-0.15, -0.1) is 0 Å². The maximum absolute atomic E-state index is 6.76. The van der Waals surface area contributed by atoms with E-state index in [2.05, 4.69) is 314 Å². The van der Waals surface area contributed by atoms with Crippen molar-refractivity contribution in [1.29, 1.82) is 0 Å². The van der Waals surface area contributed by atoms with E-state index in [4.69, 9.17) is 9.47 Å². The number of hydrogen-bond acceptors (Lipinski definition) is 3. The molecule has 388 valence electrons. The highest BCUT2D eigenvalue weighted by molar-refractivity contribution is 5.98. The predicted octanol–water partition coefficient (Wildman–Crippen LogP) is 20.8. The highest BCUT2D eigenvalue weighted by Gasteiger charge is 2.53. The van der Waals surface area contributed by atoms with Crippen molar-refractivity contribution in [1.82, 2.24) is 0 Å². The van der Waals surface area contributed by atoms with Crippen LogP contribution in [0, 0.1) is 0 Å². The van der Waals surface area contributed by atoms with E-state index in [1.807, 2.05) is 0 Å². The van der Waals surface area contributed by atoms with Crippen molar-refractivity contribution in [3.05, 3.63) is 354 Å². The second kappa shape index (κ2) is 18.4. The molecule has 2 spiro atoms. The highest BCUT2D eigenvalue weighted by Crippen LogP contribution is 2.65. The molecule has 0 saturated heterocycles. The topological polar surface area (TPSA) is 21.7 Å². The lowest BCUT2D eigenvalue weighted by molar-refractivity contribution is 0.436. The van der Waals surface area contributed by atoms with Crippen LogP contribution in [0.25, 0.3) is 66.8 Å². The summed E-state index contributed by atoms with van der Waals surface area (Å²) in [6, 6.07) is 113. The van der Waals surface area contributed by atoms with E-state index in [0.29, 0.717) is 0 Å². The molecule has 0 fully saturated rings. The van der Waals surface area contributed by atoms with Crippen LogP contribution in [0.3, 0.4) is 0 Å². The van der Waals surface area contributed by atoms with Gasteiger partial charge in [-0.05, 0) is 145 Å². The summed E-state index contributed by atoms with van der Waals surface area (Å²) in [7, 11) is 0. The van der Waals surface area contributed by atoms with Gasteiger partial charge in [0, 0.05) is 39.1 Å². The molecule has 4 aliphatic rings. The molecule has 0 saturated carbocycles. The minimum Gasteiger partial charge on any atom is -0.457 e. The van der Waals surface area contributed by atoms with Gasteiger partial charge in [-0.25, -0.2) is 0 Å². The molecule has 83 heavy (non-hydrogen) atoms. The Morgan fingerprint density at radius 3 is 0.976 bits per heavy atom. The first-order valence-corrected chi connectivity index (χ1v) is 28.6. The Kier molecular flexibility index (Phi) is 10.4. The maximum atomic E-state index is 6.76. The Balaban J connectivity index is 0.876. The molecule has 0 N–H and O–H groups in total. The summed E-state index contributed by atoms with van der Waals surface area (Å²) < 4.78 is 13.5. The Morgan fingerprint density at radius 1 is 0.205 bits per heavy atom. The molecule has 3 heteroatoms. The van der Waals surface area contributed by atoms with Gasteiger partial charge in [-0.1, -0.05) is 243 Å². The van der Waals surface area contributed by atoms with Crippen LogP contribution in [0.2, 0.25) is 0 Å². The third-order valence-electron chi connectivity index (χ3n) is 18.0. The third-order valence-corrected chi connectivity index (χ3v) is 18.0. The van der Waals surface area contributed by atoms with Crippen LogP contribution in [0.1, 0.15) is 44.5 Å². The normalized spacial score (nSPS) is 13.7. The summed E-state index contributed by atoms with van der Waals surface area (Å²) in [6.07, 6.45) is 0. The van der Waals surface area contributed by atoms with Crippen molar-refractivity contribution in [2.45, 2.75) is 10.8 Å². The van der Waals surface area contributed by atoms with Gasteiger partial charge < -0.3 is 14.4 Å². The average molecular weight is 1060 g/mol. The molecule has 0 unspecified atom stereocenters. The lowest BCUT2D eigenvalue weighted by atomic mass is 9.66.